The maximum atomic E-state index is 11.0. The molecule has 24 heavy (non-hydrogen) atoms. The molecule has 1 aromatic carbocycles. The Hall–Kier alpha value is -1.99. The molecule has 2 fully saturated rings. The van der Waals surface area contributed by atoms with Crippen LogP contribution in [-0.4, -0.2) is 46.1 Å². The Labute approximate surface area is 140 Å². The number of para-hydroxylation sites is 1. The van der Waals surface area contributed by atoms with Gasteiger partial charge in [-0.25, -0.2) is 0 Å². The summed E-state index contributed by atoms with van der Waals surface area (Å²) in [6.07, 6.45) is 4.23. The summed E-state index contributed by atoms with van der Waals surface area (Å²) in [6, 6.07) is 7.37. The number of nitro benzene ring substituents is 1. The highest BCUT2D eigenvalue weighted by Crippen LogP contribution is 2.34. The Kier molecular flexibility index (Phi) is 5.11. The molecule has 7 nitrogen and oxygen atoms in total. The molecule has 0 aromatic heterocycles. The number of nitrogens with zero attached hydrogens (tertiary/aromatic N) is 2. The standard InChI is InChI=1S/C17H23N3O4/c21-17(22)11-19(10-12-5-6-12)15-7-14(8-15)18-9-13-3-1-2-4-16(13)20(23)24/h1-4,12,14-15,18H,5-11H2,(H,21,22). The van der Waals surface area contributed by atoms with E-state index in [1.54, 1.807) is 18.2 Å². The zero-order valence-electron chi connectivity index (χ0n) is 13.6. The highest BCUT2D eigenvalue weighted by Gasteiger charge is 2.37. The fourth-order valence-corrected chi connectivity index (χ4v) is 3.29. The van der Waals surface area contributed by atoms with Gasteiger partial charge in [0.2, 0.25) is 0 Å². The lowest BCUT2D eigenvalue weighted by Crippen LogP contribution is -2.54. The maximum absolute atomic E-state index is 11.0. The van der Waals surface area contributed by atoms with Crippen LogP contribution in [0.15, 0.2) is 24.3 Å². The van der Waals surface area contributed by atoms with Crippen molar-refractivity contribution in [3.63, 3.8) is 0 Å². The van der Waals surface area contributed by atoms with Gasteiger partial charge in [-0.1, -0.05) is 18.2 Å². The van der Waals surface area contributed by atoms with E-state index in [1.165, 1.54) is 18.9 Å². The predicted molar refractivity (Wildman–Crippen MR) is 88.7 cm³/mol. The molecule has 0 spiro atoms. The molecule has 0 aliphatic heterocycles. The van der Waals surface area contributed by atoms with Crippen LogP contribution in [-0.2, 0) is 11.3 Å². The van der Waals surface area contributed by atoms with Crippen molar-refractivity contribution in [3.05, 3.63) is 39.9 Å². The van der Waals surface area contributed by atoms with Crippen molar-refractivity contribution in [2.45, 2.75) is 44.3 Å². The van der Waals surface area contributed by atoms with Crippen molar-refractivity contribution < 1.29 is 14.8 Å². The zero-order valence-corrected chi connectivity index (χ0v) is 13.6. The topological polar surface area (TPSA) is 95.7 Å². The van der Waals surface area contributed by atoms with E-state index < -0.39 is 5.97 Å². The predicted octanol–water partition coefficient (Wildman–Crippen LogP) is 2.01. The number of carbonyl (C=O) groups is 1. The second kappa shape index (κ2) is 7.27. The smallest absolute Gasteiger partial charge is 0.317 e. The first-order valence-corrected chi connectivity index (χ1v) is 8.44. The molecule has 1 aromatic rings. The number of nitro groups is 1. The van der Waals surface area contributed by atoms with Gasteiger partial charge < -0.3 is 10.4 Å². The van der Waals surface area contributed by atoms with Crippen LogP contribution in [0.25, 0.3) is 0 Å². The first-order chi connectivity index (χ1) is 11.5. The number of carboxylic acid groups (broad SMARTS) is 1. The van der Waals surface area contributed by atoms with E-state index in [-0.39, 0.29) is 17.2 Å². The van der Waals surface area contributed by atoms with Crippen LogP contribution in [0, 0.1) is 16.0 Å². The molecule has 0 amide bonds. The van der Waals surface area contributed by atoms with E-state index in [4.69, 9.17) is 5.11 Å². The van der Waals surface area contributed by atoms with Gasteiger partial charge in [-0.15, -0.1) is 0 Å². The van der Waals surface area contributed by atoms with Crippen molar-refractivity contribution in [2.75, 3.05) is 13.1 Å². The molecule has 2 aliphatic carbocycles. The molecule has 2 N–H and O–H groups in total. The van der Waals surface area contributed by atoms with Gasteiger partial charge in [-0.05, 0) is 31.6 Å². The van der Waals surface area contributed by atoms with Gasteiger partial charge >= 0.3 is 5.97 Å². The number of hydrogen-bond acceptors (Lipinski definition) is 5. The van der Waals surface area contributed by atoms with Crippen LogP contribution in [0.2, 0.25) is 0 Å². The monoisotopic (exact) mass is 333 g/mol. The van der Waals surface area contributed by atoms with Gasteiger partial charge in [0.15, 0.2) is 0 Å². The Morgan fingerprint density at radius 2 is 2.04 bits per heavy atom. The van der Waals surface area contributed by atoms with Gasteiger partial charge in [0.1, 0.15) is 0 Å². The van der Waals surface area contributed by atoms with E-state index in [9.17, 15) is 14.9 Å². The number of benzene rings is 1. The van der Waals surface area contributed by atoms with Crippen molar-refractivity contribution in [2.24, 2.45) is 5.92 Å². The third-order valence-corrected chi connectivity index (χ3v) is 4.93. The summed E-state index contributed by atoms with van der Waals surface area (Å²) >= 11 is 0. The Bertz CT molecular complexity index is 612. The van der Waals surface area contributed by atoms with E-state index >= 15 is 0 Å². The third kappa shape index (κ3) is 4.30. The minimum absolute atomic E-state index is 0.109. The molecule has 0 unspecified atom stereocenters. The van der Waals surface area contributed by atoms with E-state index in [2.05, 4.69) is 10.2 Å². The van der Waals surface area contributed by atoms with Crippen LogP contribution in [0.1, 0.15) is 31.2 Å². The first kappa shape index (κ1) is 16.9. The summed E-state index contributed by atoms with van der Waals surface area (Å²) in [5.74, 6) is -0.102. The Morgan fingerprint density at radius 1 is 1.33 bits per heavy atom. The summed E-state index contributed by atoms with van der Waals surface area (Å²) < 4.78 is 0. The van der Waals surface area contributed by atoms with Crippen LogP contribution < -0.4 is 5.32 Å². The lowest BCUT2D eigenvalue weighted by Gasteiger charge is -2.43. The number of aliphatic carboxylic acids is 1. The summed E-state index contributed by atoms with van der Waals surface area (Å²) in [4.78, 5) is 23.8. The van der Waals surface area contributed by atoms with Crippen molar-refractivity contribution in [1.82, 2.24) is 10.2 Å². The normalized spacial score (nSPS) is 23.0. The van der Waals surface area contributed by atoms with E-state index in [0.29, 0.717) is 30.1 Å². The van der Waals surface area contributed by atoms with Gasteiger partial charge in [0, 0.05) is 36.8 Å². The van der Waals surface area contributed by atoms with Crippen molar-refractivity contribution in [1.29, 1.82) is 0 Å². The molecule has 0 saturated heterocycles. The fraction of sp³-hybridized carbons (Fsp3) is 0.588. The summed E-state index contributed by atoms with van der Waals surface area (Å²) in [6.45, 7) is 1.46. The minimum Gasteiger partial charge on any atom is -0.480 e. The summed E-state index contributed by atoms with van der Waals surface area (Å²) in [5, 5.41) is 23.4. The fourth-order valence-electron chi connectivity index (χ4n) is 3.29. The Balaban J connectivity index is 1.47. The molecule has 0 heterocycles. The molecule has 130 valence electrons. The highest BCUT2D eigenvalue weighted by molar-refractivity contribution is 5.69. The SMILES string of the molecule is O=C(O)CN(CC1CC1)C1CC(NCc2ccccc2[N+](=O)[O-])C1. The second-order valence-corrected chi connectivity index (χ2v) is 6.86. The molecule has 7 heteroatoms. The quantitative estimate of drug-likeness (QED) is 0.530. The molecule has 0 atom stereocenters. The maximum Gasteiger partial charge on any atom is 0.317 e. The molecule has 2 saturated carbocycles. The van der Waals surface area contributed by atoms with Crippen LogP contribution >= 0.6 is 0 Å². The minimum atomic E-state index is -0.771. The number of rotatable bonds is 9. The molecular formula is C17H23N3O4. The van der Waals surface area contributed by atoms with Crippen molar-refractivity contribution >= 4 is 11.7 Å². The molecule has 2 aliphatic rings. The first-order valence-electron chi connectivity index (χ1n) is 8.44. The largest absolute Gasteiger partial charge is 0.480 e. The average Bonchev–Trinajstić information content (AvgIpc) is 3.29. The lowest BCUT2D eigenvalue weighted by atomic mass is 9.85. The molecule has 3 rings (SSSR count). The molecule has 0 radical (unpaired) electrons. The second-order valence-electron chi connectivity index (χ2n) is 6.86. The number of carboxylic acids is 1. The number of hydrogen-bond donors (Lipinski definition) is 2. The van der Waals surface area contributed by atoms with E-state index in [1.807, 2.05) is 0 Å². The summed E-state index contributed by atoms with van der Waals surface area (Å²) in [7, 11) is 0. The zero-order chi connectivity index (χ0) is 17.1. The van der Waals surface area contributed by atoms with Gasteiger partial charge in [-0.2, -0.15) is 0 Å². The highest BCUT2D eigenvalue weighted by atomic mass is 16.6. The molecule has 0 bridgehead atoms. The van der Waals surface area contributed by atoms with E-state index in [0.717, 1.165) is 19.4 Å². The summed E-state index contributed by atoms with van der Waals surface area (Å²) in [5.41, 5.74) is 0.827. The van der Waals surface area contributed by atoms with Crippen LogP contribution in [0.5, 0.6) is 0 Å². The Morgan fingerprint density at radius 3 is 2.67 bits per heavy atom. The van der Waals surface area contributed by atoms with Crippen LogP contribution in [0.4, 0.5) is 5.69 Å². The van der Waals surface area contributed by atoms with Crippen molar-refractivity contribution in [3.8, 4) is 0 Å². The molecular weight excluding hydrogens is 310 g/mol. The van der Waals surface area contributed by atoms with Gasteiger partial charge in [0.05, 0.1) is 11.5 Å². The van der Waals surface area contributed by atoms with Crippen LogP contribution in [0.3, 0.4) is 0 Å². The van der Waals surface area contributed by atoms with Gasteiger partial charge in [0.25, 0.3) is 5.69 Å². The number of nitrogens with one attached hydrogen (secondary N) is 1. The lowest BCUT2D eigenvalue weighted by molar-refractivity contribution is -0.385. The van der Waals surface area contributed by atoms with Gasteiger partial charge in [-0.3, -0.25) is 19.8 Å². The average molecular weight is 333 g/mol. The third-order valence-electron chi connectivity index (χ3n) is 4.93.